The van der Waals surface area contributed by atoms with Crippen molar-refractivity contribution in [1.29, 1.82) is 0 Å². The second-order valence-corrected chi connectivity index (χ2v) is 5.17. The van der Waals surface area contributed by atoms with Crippen LogP contribution in [0.3, 0.4) is 0 Å². The predicted octanol–water partition coefficient (Wildman–Crippen LogP) is 2.65. The first-order valence-corrected chi connectivity index (χ1v) is 6.65. The van der Waals surface area contributed by atoms with Gasteiger partial charge in [0.05, 0.1) is 12.1 Å². The first-order valence-electron chi connectivity index (χ1n) is 6.27. The van der Waals surface area contributed by atoms with Crippen molar-refractivity contribution in [3.8, 4) is 5.75 Å². The molecule has 4 nitrogen and oxygen atoms in total. The molecule has 1 aromatic carbocycles. The topological polar surface area (TPSA) is 66.8 Å². The number of carbonyl (C=O) groups is 1. The molecule has 0 saturated heterocycles. The Morgan fingerprint density at radius 2 is 1.89 bits per heavy atom. The molecule has 0 heterocycles. The number of halogens is 1. The van der Waals surface area contributed by atoms with E-state index in [4.69, 9.17) is 21.4 Å². The Kier molecular flexibility index (Phi) is 4.02. The zero-order valence-corrected chi connectivity index (χ0v) is 11.8. The molecule has 1 aliphatic carbocycles. The maximum atomic E-state index is 11.1. The highest BCUT2D eigenvalue weighted by Crippen LogP contribution is 2.43. The van der Waals surface area contributed by atoms with Gasteiger partial charge in [-0.25, -0.2) is 4.79 Å². The van der Waals surface area contributed by atoms with Gasteiger partial charge in [0, 0.05) is 5.56 Å². The number of aliphatic hydroxyl groups is 1. The maximum absolute atomic E-state index is 11.1. The third kappa shape index (κ3) is 2.30. The van der Waals surface area contributed by atoms with Gasteiger partial charge in [-0.3, -0.25) is 0 Å². The number of fused-ring (bicyclic) bond motifs is 1. The number of carboxylic acid groups (broad SMARTS) is 1. The molecular weight excluding hydrogens is 268 g/mol. The summed E-state index contributed by atoms with van der Waals surface area (Å²) < 4.78 is 5.24. The molecule has 0 aliphatic heterocycles. The summed E-state index contributed by atoms with van der Waals surface area (Å²) in [6, 6.07) is 0. The van der Waals surface area contributed by atoms with E-state index in [0.717, 1.165) is 42.4 Å². The van der Waals surface area contributed by atoms with Gasteiger partial charge in [-0.1, -0.05) is 11.6 Å². The van der Waals surface area contributed by atoms with Crippen LogP contribution in [0, 0.1) is 6.92 Å². The molecule has 1 aromatic rings. The zero-order chi connectivity index (χ0) is 14.2. The number of aliphatic hydroxyl groups excluding tert-OH is 1. The monoisotopic (exact) mass is 284 g/mol. The van der Waals surface area contributed by atoms with Crippen molar-refractivity contribution in [2.75, 3.05) is 7.11 Å². The van der Waals surface area contributed by atoms with Crippen LogP contribution in [-0.4, -0.2) is 23.3 Å². The van der Waals surface area contributed by atoms with Gasteiger partial charge in [0.1, 0.15) is 5.75 Å². The third-order valence-corrected chi connectivity index (χ3v) is 4.14. The van der Waals surface area contributed by atoms with E-state index in [1.165, 1.54) is 7.11 Å². The Morgan fingerprint density at radius 1 is 1.32 bits per heavy atom. The highest BCUT2D eigenvalue weighted by Gasteiger charge is 2.29. The van der Waals surface area contributed by atoms with Crippen LogP contribution in [0.15, 0.2) is 0 Å². The number of aliphatic carboxylic acids is 1. The molecule has 0 bridgehead atoms. The molecule has 19 heavy (non-hydrogen) atoms. The first-order chi connectivity index (χ1) is 8.99. The minimum absolute atomic E-state index is 0.278. The molecule has 2 rings (SSSR count). The van der Waals surface area contributed by atoms with E-state index in [0.29, 0.717) is 5.02 Å². The van der Waals surface area contributed by atoms with Gasteiger partial charge in [0.25, 0.3) is 0 Å². The van der Waals surface area contributed by atoms with E-state index in [9.17, 15) is 9.90 Å². The molecule has 1 unspecified atom stereocenters. The summed E-state index contributed by atoms with van der Waals surface area (Å²) >= 11 is 6.32. The predicted molar refractivity (Wildman–Crippen MR) is 72.0 cm³/mol. The second kappa shape index (κ2) is 5.39. The largest absolute Gasteiger partial charge is 0.495 e. The Hall–Kier alpha value is -1.26. The summed E-state index contributed by atoms with van der Waals surface area (Å²) in [6.45, 7) is 1.82. The lowest BCUT2D eigenvalue weighted by atomic mass is 9.84. The van der Waals surface area contributed by atoms with E-state index in [2.05, 4.69) is 0 Å². The van der Waals surface area contributed by atoms with Crippen LogP contribution in [0.5, 0.6) is 5.75 Å². The lowest BCUT2D eigenvalue weighted by molar-refractivity contribution is -0.147. The molecule has 0 radical (unpaired) electrons. The molecule has 0 fully saturated rings. The van der Waals surface area contributed by atoms with Gasteiger partial charge < -0.3 is 14.9 Å². The van der Waals surface area contributed by atoms with E-state index >= 15 is 0 Å². The Morgan fingerprint density at radius 3 is 2.42 bits per heavy atom. The molecule has 5 heteroatoms. The second-order valence-electron chi connectivity index (χ2n) is 4.79. The first kappa shape index (κ1) is 14.2. The van der Waals surface area contributed by atoms with Crippen LogP contribution in [0.25, 0.3) is 0 Å². The highest BCUT2D eigenvalue weighted by atomic mass is 35.5. The summed E-state index contributed by atoms with van der Waals surface area (Å²) in [7, 11) is 1.44. The fourth-order valence-electron chi connectivity index (χ4n) is 2.80. The average molecular weight is 285 g/mol. The summed E-state index contributed by atoms with van der Waals surface area (Å²) in [6.07, 6.45) is 2.24. The van der Waals surface area contributed by atoms with Gasteiger partial charge in [-0.15, -0.1) is 0 Å². The zero-order valence-electron chi connectivity index (χ0n) is 11.0. The molecule has 0 amide bonds. The summed E-state index contributed by atoms with van der Waals surface area (Å²) in [5.74, 6) is -1.01. The van der Waals surface area contributed by atoms with Gasteiger partial charge in [0.2, 0.25) is 0 Å². The minimum Gasteiger partial charge on any atom is -0.495 e. The number of ether oxygens (including phenoxy) is 1. The SMILES string of the molecule is COc1c(Cl)c2c(c(C)c1C(O)C(=O)O)CCCC2. The Labute approximate surface area is 117 Å². The smallest absolute Gasteiger partial charge is 0.337 e. The molecular formula is C14H17ClO4. The molecule has 1 aliphatic rings. The van der Waals surface area contributed by atoms with Gasteiger partial charge in [-0.05, 0) is 49.3 Å². The van der Waals surface area contributed by atoms with Crippen molar-refractivity contribution < 1.29 is 19.7 Å². The fraction of sp³-hybridized carbons (Fsp3) is 0.500. The molecule has 2 N–H and O–H groups in total. The lowest BCUT2D eigenvalue weighted by Crippen LogP contribution is -2.17. The molecule has 0 saturated carbocycles. The van der Waals surface area contributed by atoms with Crippen LogP contribution < -0.4 is 4.74 Å². The molecule has 104 valence electrons. The van der Waals surface area contributed by atoms with Crippen molar-refractivity contribution in [1.82, 2.24) is 0 Å². The minimum atomic E-state index is -1.61. The van der Waals surface area contributed by atoms with Crippen molar-refractivity contribution in [3.63, 3.8) is 0 Å². The number of methoxy groups -OCH3 is 1. The van der Waals surface area contributed by atoms with Crippen molar-refractivity contribution in [3.05, 3.63) is 27.3 Å². The van der Waals surface area contributed by atoms with Crippen LogP contribution in [0.4, 0.5) is 0 Å². The van der Waals surface area contributed by atoms with Crippen molar-refractivity contribution in [2.45, 2.75) is 38.7 Å². The van der Waals surface area contributed by atoms with E-state index in [-0.39, 0.29) is 11.3 Å². The number of rotatable bonds is 3. The summed E-state index contributed by atoms with van der Waals surface area (Å²) in [5.41, 5.74) is 3.16. The lowest BCUT2D eigenvalue weighted by Gasteiger charge is -2.25. The maximum Gasteiger partial charge on any atom is 0.337 e. The number of carboxylic acids is 1. The van der Waals surface area contributed by atoms with Crippen LogP contribution >= 0.6 is 11.6 Å². The fourth-order valence-corrected chi connectivity index (χ4v) is 3.19. The van der Waals surface area contributed by atoms with Crippen LogP contribution in [-0.2, 0) is 17.6 Å². The summed E-state index contributed by atoms with van der Waals surface area (Å²) in [5, 5.41) is 19.3. The Bertz CT molecular complexity index is 525. The van der Waals surface area contributed by atoms with Crippen LogP contribution in [0.1, 0.15) is 41.2 Å². The van der Waals surface area contributed by atoms with E-state index < -0.39 is 12.1 Å². The number of hydrogen-bond donors (Lipinski definition) is 2. The van der Waals surface area contributed by atoms with E-state index in [1.807, 2.05) is 6.92 Å². The van der Waals surface area contributed by atoms with Gasteiger partial charge >= 0.3 is 5.97 Å². The van der Waals surface area contributed by atoms with Crippen LogP contribution in [0.2, 0.25) is 5.02 Å². The molecule has 0 aromatic heterocycles. The highest BCUT2D eigenvalue weighted by molar-refractivity contribution is 6.33. The van der Waals surface area contributed by atoms with Gasteiger partial charge in [-0.2, -0.15) is 0 Å². The molecule has 0 spiro atoms. The van der Waals surface area contributed by atoms with Gasteiger partial charge in [0.15, 0.2) is 6.10 Å². The van der Waals surface area contributed by atoms with E-state index in [1.54, 1.807) is 0 Å². The normalized spacial score (nSPS) is 15.8. The van der Waals surface area contributed by atoms with Crippen molar-refractivity contribution in [2.24, 2.45) is 0 Å². The standard InChI is InChI=1S/C14H17ClO4/c1-7-8-5-3-4-6-9(8)11(15)13(19-2)10(7)12(16)14(17)18/h12,16H,3-6H2,1-2H3,(H,17,18). The quantitative estimate of drug-likeness (QED) is 0.895. The number of benzene rings is 1. The third-order valence-electron chi connectivity index (χ3n) is 3.74. The molecule has 1 atom stereocenters. The average Bonchev–Trinajstić information content (AvgIpc) is 2.41. The summed E-state index contributed by atoms with van der Waals surface area (Å²) in [4.78, 5) is 11.1. The number of hydrogen-bond acceptors (Lipinski definition) is 3. The van der Waals surface area contributed by atoms with Crippen molar-refractivity contribution >= 4 is 17.6 Å². The Balaban J connectivity index is 2.71.